The van der Waals surface area contributed by atoms with Crippen LogP contribution in [0.5, 0.6) is 5.75 Å². The SMILES string of the molecule is COc1cc(C(=O)NC(C)CC2CC2)ccc1N. The van der Waals surface area contributed by atoms with Gasteiger partial charge in [0.1, 0.15) is 5.75 Å². The number of carbonyl (C=O) groups excluding carboxylic acids is 1. The van der Waals surface area contributed by atoms with Crippen molar-refractivity contribution in [1.29, 1.82) is 0 Å². The number of nitrogens with two attached hydrogens (primary N) is 1. The van der Waals surface area contributed by atoms with Crippen molar-refractivity contribution < 1.29 is 9.53 Å². The van der Waals surface area contributed by atoms with Crippen LogP contribution in [-0.4, -0.2) is 19.1 Å². The summed E-state index contributed by atoms with van der Waals surface area (Å²) in [6.45, 7) is 2.05. The molecule has 1 saturated carbocycles. The summed E-state index contributed by atoms with van der Waals surface area (Å²) in [5.74, 6) is 1.28. The predicted molar refractivity (Wildman–Crippen MR) is 71.7 cm³/mol. The van der Waals surface area contributed by atoms with E-state index >= 15 is 0 Å². The van der Waals surface area contributed by atoms with E-state index in [1.54, 1.807) is 25.3 Å². The Hall–Kier alpha value is -1.71. The molecule has 0 bridgehead atoms. The Kier molecular flexibility index (Phi) is 3.75. The minimum absolute atomic E-state index is 0.0681. The lowest BCUT2D eigenvalue weighted by Crippen LogP contribution is -2.32. The highest BCUT2D eigenvalue weighted by Gasteiger charge is 2.24. The van der Waals surface area contributed by atoms with E-state index in [-0.39, 0.29) is 11.9 Å². The van der Waals surface area contributed by atoms with Crippen molar-refractivity contribution in [3.8, 4) is 5.75 Å². The molecule has 1 aliphatic carbocycles. The maximum absolute atomic E-state index is 12.0. The first-order valence-corrected chi connectivity index (χ1v) is 6.34. The summed E-state index contributed by atoms with van der Waals surface area (Å²) in [5, 5.41) is 3.00. The van der Waals surface area contributed by atoms with Crippen LogP contribution in [0.4, 0.5) is 5.69 Å². The Morgan fingerprint density at radius 2 is 2.28 bits per heavy atom. The lowest BCUT2D eigenvalue weighted by molar-refractivity contribution is 0.0937. The van der Waals surface area contributed by atoms with Gasteiger partial charge in [0.2, 0.25) is 0 Å². The number of benzene rings is 1. The monoisotopic (exact) mass is 248 g/mol. The number of rotatable bonds is 5. The van der Waals surface area contributed by atoms with Crippen LogP contribution >= 0.6 is 0 Å². The van der Waals surface area contributed by atoms with Gasteiger partial charge in [-0.05, 0) is 37.5 Å². The van der Waals surface area contributed by atoms with Gasteiger partial charge in [0.05, 0.1) is 12.8 Å². The zero-order chi connectivity index (χ0) is 13.1. The molecular formula is C14H20N2O2. The zero-order valence-electron chi connectivity index (χ0n) is 10.9. The first kappa shape index (κ1) is 12.7. The molecule has 0 aliphatic heterocycles. The lowest BCUT2D eigenvalue weighted by atomic mass is 10.1. The fraction of sp³-hybridized carbons (Fsp3) is 0.500. The standard InChI is InChI=1S/C14H20N2O2/c1-9(7-10-3-4-10)16-14(17)11-5-6-12(15)13(8-11)18-2/h5-6,8-10H,3-4,7,15H2,1-2H3,(H,16,17). The number of nitrogens with one attached hydrogen (secondary N) is 1. The summed E-state index contributed by atoms with van der Waals surface area (Å²) in [6, 6.07) is 5.30. The van der Waals surface area contributed by atoms with E-state index in [0.29, 0.717) is 17.0 Å². The molecule has 1 fully saturated rings. The van der Waals surface area contributed by atoms with Crippen molar-refractivity contribution in [1.82, 2.24) is 5.32 Å². The summed E-state index contributed by atoms with van der Waals surface area (Å²) >= 11 is 0. The first-order chi connectivity index (χ1) is 8.60. The van der Waals surface area contributed by atoms with E-state index < -0.39 is 0 Å². The molecule has 1 atom stereocenters. The maximum atomic E-state index is 12.0. The topological polar surface area (TPSA) is 64.3 Å². The first-order valence-electron chi connectivity index (χ1n) is 6.34. The van der Waals surface area contributed by atoms with Gasteiger partial charge in [0, 0.05) is 11.6 Å². The van der Waals surface area contributed by atoms with Gasteiger partial charge in [-0.3, -0.25) is 4.79 Å². The van der Waals surface area contributed by atoms with Crippen molar-refractivity contribution in [2.24, 2.45) is 5.92 Å². The molecule has 1 aromatic carbocycles. The highest BCUT2D eigenvalue weighted by Crippen LogP contribution is 2.33. The molecule has 18 heavy (non-hydrogen) atoms. The van der Waals surface area contributed by atoms with E-state index in [2.05, 4.69) is 5.32 Å². The third-order valence-corrected chi connectivity index (χ3v) is 3.26. The fourth-order valence-corrected chi connectivity index (χ4v) is 2.07. The molecule has 4 heteroatoms. The fourth-order valence-electron chi connectivity index (χ4n) is 2.07. The third kappa shape index (κ3) is 3.15. The number of methoxy groups -OCH3 is 1. The number of hydrogen-bond donors (Lipinski definition) is 2. The van der Waals surface area contributed by atoms with Gasteiger partial charge in [0.25, 0.3) is 5.91 Å². The van der Waals surface area contributed by atoms with Crippen molar-refractivity contribution in [3.05, 3.63) is 23.8 Å². The smallest absolute Gasteiger partial charge is 0.251 e. The van der Waals surface area contributed by atoms with Gasteiger partial charge in [-0.15, -0.1) is 0 Å². The van der Waals surface area contributed by atoms with Crippen LogP contribution < -0.4 is 15.8 Å². The molecule has 0 saturated heterocycles. The van der Waals surface area contributed by atoms with E-state index in [0.717, 1.165) is 12.3 Å². The van der Waals surface area contributed by atoms with E-state index in [1.165, 1.54) is 12.8 Å². The number of carbonyl (C=O) groups is 1. The average Bonchev–Trinajstić information content (AvgIpc) is 3.13. The molecular weight excluding hydrogens is 228 g/mol. The van der Waals surface area contributed by atoms with Crippen LogP contribution in [0.2, 0.25) is 0 Å². The minimum atomic E-state index is -0.0681. The number of amides is 1. The van der Waals surface area contributed by atoms with Gasteiger partial charge in [-0.25, -0.2) is 0 Å². The Labute approximate surface area is 108 Å². The zero-order valence-corrected chi connectivity index (χ0v) is 10.9. The lowest BCUT2D eigenvalue weighted by Gasteiger charge is -2.14. The molecule has 1 aliphatic rings. The quantitative estimate of drug-likeness (QED) is 0.785. The highest BCUT2D eigenvalue weighted by molar-refractivity contribution is 5.95. The second-order valence-electron chi connectivity index (χ2n) is 5.01. The third-order valence-electron chi connectivity index (χ3n) is 3.26. The Morgan fingerprint density at radius 1 is 1.56 bits per heavy atom. The molecule has 0 aromatic heterocycles. The molecule has 4 nitrogen and oxygen atoms in total. The highest BCUT2D eigenvalue weighted by atomic mass is 16.5. The van der Waals surface area contributed by atoms with Crippen LogP contribution in [0.15, 0.2) is 18.2 Å². The van der Waals surface area contributed by atoms with Crippen LogP contribution in [-0.2, 0) is 0 Å². The van der Waals surface area contributed by atoms with Gasteiger partial charge in [0.15, 0.2) is 0 Å². The Bertz CT molecular complexity index is 441. The molecule has 0 spiro atoms. The number of ether oxygens (including phenoxy) is 1. The molecule has 0 radical (unpaired) electrons. The second-order valence-corrected chi connectivity index (χ2v) is 5.01. The molecule has 1 amide bonds. The normalized spacial score (nSPS) is 16.1. The van der Waals surface area contributed by atoms with Crippen LogP contribution in [0.1, 0.15) is 36.5 Å². The van der Waals surface area contributed by atoms with Crippen LogP contribution in [0, 0.1) is 5.92 Å². The van der Waals surface area contributed by atoms with Gasteiger partial charge in [-0.2, -0.15) is 0 Å². The van der Waals surface area contributed by atoms with Gasteiger partial charge >= 0.3 is 0 Å². The molecule has 98 valence electrons. The molecule has 1 unspecified atom stereocenters. The maximum Gasteiger partial charge on any atom is 0.251 e. The van der Waals surface area contributed by atoms with Gasteiger partial charge in [-0.1, -0.05) is 12.8 Å². The van der Waals surface area contributed by atoms with Gasteiger partial charge < -0.3 is 15.8 Å². The summed E-state index contributed by atoms with van der Waals surface area (Å²) in [5.41, 5.74) is 6.85. The summed E-state index contributed by atoms with van der Waals surface area (Å²) in [4.78, 5) is 12.0. The van der Waals surface area contributed by atoms with E-state index in [4.69, 9.17) is 10.5 Å². The summed E-state index contributed by atoms with van der Waals surface area (Å²) < 4.78 is 5.11. The minimum Gasteiger partial charge on any atom is -0.495 e. The molecule has 3 N–H and O–H groups in total. The predicted octanol–water partition coefficient (Wildman–Crippen LogP) is 2.20. The average molecular weight is 248 g/mol. The largest absolute Gasteiger partial charge is 0.495 e. The summed E-state index contributed by atoms with van der Waals surface area (Å²) in [6.07, 6.45) is 3.67. The van der Waals surface area contributed by atoms with Crippen LogP contribution in [0.3, 0.4) is 0 Å². The summed E-state index contributed by atoms with van der Waals surface area (Å²) in [7, 11) is 1.54. The van der Waals surface area contributed by atoms with Crippen molar-refractivity contribution in [2.75, 3.05) is 12.8 Å². The second kappa shape index (κ2) is 5.29. The van der Waals surface area contributed by atoms with E-state index in [9.17, 15) is 4.79 Å². The molecule has 0 heterocycles. The van der Waals surface area contributed by atoms with Crippen LogP contribution in [0.25, 0.3) is 0 Å². The molecule has 1 aromatic rings. The van der Waals surface area contributed by atoms with Crippen molar-refractivity contribution in [3.63, 3.8) is 0 Å². The number of anilines is 1. The number of hydrogen-bond acceptors (Lipinski definition) is 3. The molecule has 2 rings (SSSR count). The Balaban J connectivity index is 1.98. The van der Waals surface area contributed by atoms with E-state index in [1.807, 2.05) is 6.92 Å². The van der Waals surface area contributed by atoms with Crippen molar-refractivity contribution in [2.45, 2.75) is 32.2 Å². The number of nitrogen functional groups attached to an aromatic ring is 1. The Morgan fingerprint density at radius 3 is 2.89 bits per heavy atom. The van der Waals surface area contributed by atoms with Crippen molar-refractivity contribution >= 4 is 11.6 Å².